The number of pyridine rings is 1. The van der Waals surface area contributed by atoms with E-state index in [-0.39, 0.29) is 5.91 Å². The van der Waals surface area contributed by atoms with Crippen molar-refractivity contribution in [2.75, 3.05) is 0 Å². The van der Waals surface area contributed by atoms with E-state index in [0.717, 1.165) is 11.3 Å². The maximum Gasteiger partial charge on any atom is 0.261 e. The molecule has 104 valence electrons. The smallest absolute Gasteiger partial charge is 0.261 e. The van der Waals surface area contributed by atoms with Crippen LogP contribution in [0.3, 0.4) is 0 Å². The van der Waals surface area contributed by atoms with Gasteiger partial charge in [-0.25, -0.2) is 0 Å². The predicted octanol–water partition coefficient (Wildman–Crippen LogP) is 2.47. The van der Waals surface area contributed by atoms with E-state index < -0.39 is 6.10 Å². The van der Waals surface area contributed by atoms with Crippen molar-refractivity contribution in [1.29, 1.82) is 0 Å². The fraction of sp³-hybridized carbons (Fsp3) is 0.250. The van der Waals surface area contributed by atoms with Crippen LogP contribution in [0.25, 0.3) is 0 Å². The summed E-state index contributed by atoms with van der Waals surface area (Å²) in [4.78, 5) is 16.1. The highest BCUT2D eigenvalue weighted by atomic mass is 16.5. The van der Waals surface area contributed by atoms with Crippen LogP contribution in [0.2, 0.25) is 0 Å². The average Bonchev–Trinajstić information content (AvgIpc) is 2.46. The molecule has 0 fully saturated rings. The largest absolute Gasteiger partial charge is 0.481 e. The Hall–Kier alpha value is -2.36. The van der Waals surface area contributed by atoms with Crippen LogP contribution in [-0.2, 0) is 11.3 Å². The number of carbonyl (C=O) groups is 1. The van der Waals surface area contributed by atoms with Crippen molar-refractivity contribution in [3.8, 4) is 5.75 Å². The van der Waals surface area contributed by atoms with Crippen LogP contribution in [0.15, 0.2) is 48.7 Å². The lowest BCUT2D eigenvalue weighted by molar-refractivity contribution is -0.127. The lowest BCUT2D eigenvalue weighted by atomic mass is 10.2. The minimum absolute atomic E-state index is 0.155. The summed E-state index contributed by atoms with van der Waals surface area (Å²) in [7, 11) is 0. The standard InChI is InChI=1S/C16H18N2O2/c1-12-6-5-8-15(10-12)20-13(2)16(19)18-11-14-7-3-4-9-17-14/h3-10,13H,11H2,1-2H3,(H,18,19)/t13-/m1/s1. The molecule has 0 spiro atoms. The first kappa shape index (κ1) is 14.1. The topological polar surface area (TPSA) is 51.2 Å². The molecule has 0 aliphatic heterocycles. The Bertz CT molecular complexity index is 570. The Labute approximate surface area is 118 Å². The summed E-state index contributed by atoms with van der Waals surface area (Å²) >= 11 is 0. The van der Waals surface area contributed by atoms with Crippen LogP contribution in [0.1, 0.15) is 18.2 Å². The molecule has 4 nitrogen and oxygen atoms in total. The molecule has 1 N–H and O–H groups in total. The summed E-state index contributed by atoms with van der Waals surface area (Å²) in [6.45, 7) is 4.12. The molecule has 0 bridgehead atoms. The van der Waals surface area contributed by atoms with Gasteiger partial charge in [-0.05, 0) is 43.7 Å². The first-order chi connectivity index (χ1) is 9.65. The summed E-state index contributed by atoms with van der Waals surface area (Å²) in [5, 5.41) is 2.81. The van der Waals surface area contributed by atoms with Gasteiger partial charge < -0.3 is 10.1 Å². The van der Waals surface area contributed by atoms with Crippen LogP contribution in [0, 0.1) is 6.92 Å². The Morgan fingerprint density at radius 1 is 1.30 bits per heavy atom. The number of carbonyl (C=O) groups excluding carboxylic acids is 1. The Morgan fingerprint density at radius 2 is 2.15 bits per heavy atom. The molecule has 4 heteroatoms. The van der Waals surface area contributed by atoms with E-state index in [1.165, 1.54) is 0 Å². The van der Waals surface area contributed by atoms with E-state index in [1.807, 2.05) is 49.4 Å². The van der Waals surface area contributed by atoms with Crippen molar-refractivity contribution >= 4 is 5.91 Å². The van der Waals surface area contributed by atoms with Crippen molar-refractivity contribution < 1.29 is 9.53 Å². The Balaban J connectivity index is 1.86. The van der Waals surface area contributed by atoms with E-state index in [4.69, 9.17) is 4.74 Å². The molecule has 1 aromatic heterocycles. The second kappa shape index (κ2) is 6.70. The van der Waals surface area contributed by atoms with E-state index in [2.05, 4.69) is 10.3 Å². The van der Waals surface area contributed by atoms with Gasteiger partial charge in [0.2, 0.25) is 0 Å². The fourth-order valence-electron chi connectivity index (χ4n) is 1.77. The van der Waals surface area contributed by atoms with Crippen LogP contribution >= 0.6 is 0 Å². The van der Waals surface area contributed by atoms with Gasteiger partial charge in [-0.3, -0.25) is 9.78 Å². The maximum absolute atomic E-state index is 11.9. The third kappa shape index (κ3) is 4.09. The van der Waals surface area contributed by atoms with E-state index in [1.54, 1.807) is 13.1 Å². The number of amides is 1. The zero-order valence-electron chi connectivity index (χ0n) is 11.7. The normalized spacial score (nSPS) is 11.7. The SMILES string of the molecule is Cc1cccc(O[C@H](C)C(=O)NCc2ccccn2)c1. The zero-order chi connectivity index (χ0) is 14.4. The molecule has 0 saturated carbocycles. The molecule has 1 amide bonds. The maximum atomic E-state index is 11.9. The Kier molecular flexibility index (Phi) is 4.71. The number of nitrogens with zero attached hydrogens (tertiary/aromatic N) is 1. The summed E-state index contributed by atoms with van der Waals surface area (Å²) < 4.78 is 5.61. The number of hydrogen-bond donors (Lipinski definition) is 1. The van der Waals surface area contributed by atoms with Crippen LogP contribution in [-0.4, -0.2) is 17.0 Å². The van der Waals surface area contributed by atoms with Gasteiger partial charge >= 0.3 is 0 Å². The van der Waals surface area contributed by atoms with Gasteiger partial charge in [-0.1, -0.05) is 18.2 Å². The second-order valence-corrected chi connectivity index (χ2v) is 4.62. The quantitative estimate of drug-likeness (QED) is 0.908. The predicted molar refractivity (Wildman–Crippen MR) is 77.4 cm³/mol. The number of ether oxygens (including phenoxy) is 1. The van der Waals surface area contributed by atoms with E-state index in [9.17, 15) is 4.79 Å². The van der Waals surface area contributed by atoms with Gasteiger partial charge in [-0.15, -0.1) is 0 Å². The van der Waals surface area contributed by atoms with Crippen molar-refractivity contribution in [1.82, 2.24) is 10.3 Å². The molecule has 2 aromatic rings. The summed E-state index contributed by atoms with van der Waals surface area (Å²) in [6.07, 6.45) is 1.16. The first-order valence-corrected chi connectivity index (χ1v) is 6.56. The molecule has 0 aliphatic rings. The van der Waals surface area contributed by atoms with Gasteiger partial charge in [0.05, 0.1) is 12.2 Å². The van der Waals surface area contributed by atoms with E-state index >= 15 is 0 Å². The van der Waals surface area contributed by atoms with Gasteiger partial charge in [0, 0.05) is 6.20 Å². The molecular weight excluding hydrogens is 252 g/mol. The number of benzene rings is 1. The number of aryl methyl sites for hydroxylation is 1. The average molecular weight is 270 g/mol. The number of aromatic nitrogens is 1. The van der Waals surface area contributed by atoms with Crippen molar-refractivity contribution in [2.45, 2.75) is 26.5 Å². The highest BCUT2D eigenvalue weighted by Crippen LogP contribution is 2.14. The minimum Gasteiger partial charge on any atom is -0.481 e. The molecule has 0 unspecified atom stereocenters. The Morgan fingerprint density at radius 3 is 2.85 bits per heavy atom. The highest BCUT2D eigenvalue weighted by Gasteiger charge is 2.14. The number of nitrogens with one attached hydrogen (secondary N) is 1. The van der Waals surface area contributed by atoms with Crippen LogP contribution < -0.4 is 10.1 Å². The number of hydrogen-bond acceptors (Lipinski definition) is 3. The molecular formula is C16H18N2O2. The lowest BCUT2D eigenvalue weighted by Crippen LogP contribution is -2.36. The monoisotopic (exact) mass is 270 g/mol. The van der Waals surface area contributed by atoms with Gasteiger partial charge in [0.1, 0.15) is 5.75 Å². The van der Waals surface area contributed by atoms with Crippen LogP contribution in [0.4, 0.5) is 0 Å². The van der Waals surface area contributed by atoms with Crippen LogP contribution in [0.5, 0.6) is 5.75 Å². The first-order valence-electron chi connectivity index (χ1n) is 6.56. The minimum atomic E-state index is -0.541. The molecule has 0 radical (unpaired) electrons. The third-order valence-electron chi connectivity index (χ3n) is 2.84. The highest BCUT2D eigenvalue weighted by molar-refractivity contribution is 5.80. The third-order valence-corrected chi connectivity index (χ3v) is 2.84. The van der Waals surface area contributed by atoms with Gasteiger partial charge in [0.25, 0.3) is 5.91 Å². The molecule has 0 aliphatic carbocycles. The van der Waals surface area contributed by atoms with Gasteiger partial charge in [-0.2, -0.15) is 0 Å². The molecule has 1 atom stereocenters. The van der Waals surface area contributed by atoms with Crippen molar-refractivity contribution in [2.24, 2.45) is 0 Å². The number of rotatable bonds is 5. The van der Waals surface area contributed by atoms with Crippen molar-refractivity contribution in [3.63, 3.8) is 0 Å². The molecule has 0 saturated heterocycles. The molecule has 1 aromatic carbocycles. The molecule has 20 heavy (non-hydrogen) atoms. The second-order valence-electron chi connectivity index (χ2n) is 4.62. The lowest BCUT2D eigenvalue weighted by Gasteiger charge is -2.14. The summed E-state index contributed by atoms with van der Waals surface area (Å²) in [5.74, 6) is 0.544. The fourth-order valence-corrected chi connectivity index (χ4v) is 1.77. The van der Waals surface area contributed by atoms with Gasteiger partial charge in [0.15, 0.2) is 6.10 Å². The zero-order valence-corrected chi connectivity index (χ0v) is 11.7. The molecule has 2 rings (SSSR count). The summed E-state index contributed by atoms with van der Waals surface area (Å²) in [6, 6.07) is 13.2. The van der Waals surface area contributed by atoms with E-state index in [0.29, 0.717) is 12.3 Å². The summed E-state index contributed by atoms with van der Waals surface area (Å²) in [5.41, 5.74) is 1.92. The molecule has 1 heterocycles. The van der Waals surface area contributed by atoms with Crippen molar-refractivity contribution in [3.05, 3.63) is 59.9 Å².